The summed E-state index contributed by atoms with van der Waals surface area (Å²) in [6.07, 6.45) is 1.24. The third kappa shape index (κ3) is 3.42. The van der Waals surface area contributed by atoms with Gasteiger partial charge in [0.15, 0.2) is 0 Å². The highest BCUT2D eigenvalue weighted by Gasteiger charge is 1.99. The Morgan fingerprint density at radius 2 is 2.00 bits per heavy atom. The molecule has 1 aromatic carbocycles. The fourth-order valence-corrected chi connectivity index (χ4v) is 0.820. The van der Waals surface area contributed by atoms with E-state index in [1.165, 1.54) is 6.08 Å². The van der Waals surface area contributed by atoms with Crippen molar-refractivity contribution in [3.8, 4) is 5.75 Å². The van der Waals surface area contributed by atoms with Gasteiger partial charge in [0.05, 0.1) is 0 Å². The van der Waals surface area contributed by atoms with Gasteiger partial charge in [0.25, 0.3) is 0 Å². The van der Waals surface area contributed by atoms with Gasteiger partial charge in [0.1, 0.15) is 5.75 Å². The molecule has 68 valence electrons. The summed E-state index contributed by atoms with van der Waals surface area (Å²) in [6.45, 7) is 1.63. The topological polar surface area (TPSA) is 52.3 Å². The molecule has 13 heavy (non-hydrogen) atoms. The molecule has 0 spiro atoms. The van der Waals surface area contributed by atoms with E-state index < -0.39 is 5.97 Å². The second kappa shape index (κ2) is 4.30. The minimum Gasteiger partial charge on any atom is -0.423 e. The van der Waals surface area contributed by atoms with Crippen molar-refractivity contribution >= 4 is 5.97 Å². The number of carbonyl (C=O) groups excluding carboxylic acids is 1. The van der Waals surface area contributed by atoms with Crippen molar-refractivity contribution in [1.29, 1.82) is 0 Å². The lowest BCUT2D eigenvalue weighted by atomic mass is 10.3. The molecule has 3 nitrogen and oxygen atoms in total. The maximum Gasteiger partial charge on any atom is 0.337 e. The molecule has 3 heteroatoms. The molecule has 1 aromatic rings. The Bertz CT molecular complexity index is 313. The van der Waals surface area contributed by atoms with E-state index in [-0.39, 0.29) is 0 Å². The number of hydrogen-bond donors (Lipinski definition) is 1. The highest BCUT2D eigenvalue weighted by Crippen LogP contribution is 2.08. The van der Waals surface area contributed by atoms with Gasteiger partial charge in [-0.2, -0.15) is 0 Å². The van der Waals surface area contributed by atoms with Gasteiger partial charge < -0.3 is 10.5 Å². The highest BCUT2D eigenvalue weighted by molar-refractivity contribution is 5.84. The Labute approximate surface area is 76.8 Å². The van der Waals surface area contributed by atoms with Crippen LogP contribution >= 0.6 is 0 Å². The second-order valence-electron chi connectivity index (χ2n) is 2.62. The average molecular weight is 177 g/mol. The van der Waals surface area contributed by atoms with E-state index in [4.69, 9.17) is 10.5 Å². The van der Waals surface area contributed by atoms with Gasteiger partial charge in [-0.3, -0.25) is 0 Å². The van der Waals surface area contributed by atoms with Gasteiger partial charge in [-0.15, -0.1) is 0 Å². The van der Waals surface area contributed by atoms with E-state index in [1.807, 2.05) is 6.07 Å². The summed E-state index contributed by atoms with van der Waals surface area (Å²) in [6, 6.07) is 8.85. The van der Waals surface area contributed by atoms with Crippen LogP contribution in [0.2, 0.25) is 0 Å². The Morgan fingerprint density at radius 1 is 1.38 bits per heavy atom. The molecule has 0 bridgehead atoms. The maximum absolute atomic E-state index is 11.0. The standard InChI is InChI=1S/C10H11NO2/c1-8(11)7-10(12)13-9-5-3-2-4-6-9/h2-7H,11H2,1H3/b8-7-. The number of para-hydroxylation sites is 1. The predicted octanol–water partition coefficient (Wildman–Crippen LogP) is 1.45. The van der Waals surface area contributed by atoms with Gasteiger partial charge >= 0.3 is 5.97 Å². The lowest BCUT2D eigenvalue weighted by Crippen LogP contribution is -2.06. The van der Waals surface area contributed by atoms with Crippen molar-refractivity contribution in [2.45, 2.75) is 6.92 Å². The predicted molar refractivity (Wildman–Crippen MR) is 50.0 cm³/mol. The van der Waals surface area contributed by atoms with Crippen LogP contribution in [0.3, 0.4) is 0 Å². The Balaban J connectivity index is 2.61. The summed E-state index contributed by atoms with van der Waals surface area (Å²) < 4.78 is 4.93. The molecule has 0 fully saturated rings. The number of allylic oxidation sites excluding steroid dienone is 1. The van der Waals surface area contributed by atoms with E-state index >= 15 is 0 Å². The van der Waals surface area contributed by atoms with E-state index in [0.717, 1.165) is 0 Å². The molecule has 0 aliphatic heterocycles. The molecular weight excluding hydrogens is 166 g/mol. The lowest BCUT2D eigenvalue weighted by molar-refractivity contribution is -0.129. The highest BCUT2D eigenvalue weighted by atomic mass is 16.5. The molecule has 0 heterocycles. The van der Waals surface area contributed by atoms with Crippen molar-refractivity contribution in [3.63, 3.8) is 0 Å². The van der Waals surface area contributed by atoms with E-state index in [1.54, 1.807) is 31.2 Å². The van der Waals surface area contributed by atoms with Crippen LogP contribution in [0.1, 0.15) is 6.92 Å². The largest absolute Gasteiger partial charge is 0.423 e. The number of nitrogens with two attached hydrogens (primary N) is 1. The fourth-order valence-electron chi connectivity index (χ4n) is 0.820. The average Bonchev–Trinajstić information content (AvgIpc) is 2.04. The zero-order valence-electron chi connectivity index (χ0n) is 7.36. The van der Waals surface area contributed by atoms with Gasteiger partial charge in [-0.1, -0.05) is 18.2 Å². The number of ether oxygens (including phenoxy) is 1. The number of benzene rings is 1. The van der Waals surface area contributed by atoms with Crippen LogP contribution < -0.4 is 10.5 Å². The van der Waals surface area contributed by atoms with Gasteiger partial charge in [0, 0.05) is 11.8 Å². The molecule has 0 saturated heterocycles. The minimum atomic E-state index is -0.453. The summed E-state index contributed by atoms with van der Waals surface area (Å²) in [5, 5.41) is 0. The monoisotopic (exact) mass is 177 g/mol. The van der Waals surface area contributed by atoms with Crippen LogP contribution in [-0.4, -0.2) is 5.97 Å². The maximum atomic E-state index is 11.0. The van der Waals surface area contributed by atoms with Gasteiger partial charge in [-0.25, -0.2) is 4.79 Å². The van der Waals surface area contributed by atoms with Crippen molar-refractivity contribution in [3.05, 3.63) is 42.1 Å². The number of rotatable bonds is 2. The molecular formula is C10H11NO2. The molecule has 0 radical (unpaired) electrons. The zero-order chi connectivity index (χ0) is 9.68. The Hall–Kier alpha value is -1.77. The van der Waals surface area contributed by atoms with Crippen molar-refractivity contribution < 1.29 is 9.53 Å². The van der Waals surface area contributed by atoms with Crippen molar-refractivity contribution in [1.82, 2.24) is 0 Å². The molecule has 2 N–H and O–H groups in total. The molecule has 0 atom stereocenters. The first kappa shape index (κ1) is 9.32. The van der Waals surface area contributed by atoms with E-state index in [2.05, 4.69) is 0 Å². The molecule has 0 unspecified atom stereocenters. The molecule has 0 saturated carbocycles. The van der Waals surface area contributed by atoms with E-state index in [0.29, 0.717) is 11.4 Å². The fraction of sp³-hybridized carbons (Fsp3) is 0.100. The van der Waals surface area contributed by atoms with Gasteiger partial charge in [0.2, 0.25) is 0 Å². The van der Waals surface area contributed by atoms with Crippen LogP contribution in [-0.2, 0) is 4.79 Å². The smallest absolute Gasteiger partial charge is 0.337 e. The van der Waals surface area contributed by atoms with Crippen molar-refractivity contribution in [2.75, 3.05) is 0 Å². The summed E-state index contributed by atoms with van der Waals surface area (Å²) >= 11 is 0. The molecule has 0 amide bonds. The van der Waals surface area contributed by atoms with Crippen LogP contribution in [0, 0.1) is 0 Å². The zero-order valence-corrected chi connectivity index (χ0v) is 7.36. The molecule has 0 aliphatic carbocycles. The summed E-state index contributed by atoms with van der Waals surface area (Å²) in [7, 11) is 0. The van der Waals surface area contributed by atoms with Crippen LogP contribution in [0.5, 0.6) is 5.75 Å². The minimum absolute atomic E-state index is 0.431. The van der Waals surface area contributed by atoms with Gasteiger partial charge in [-0.05, 0) is 19.1 Å². The summed E-state index contributed by atoms with van der Waals surface area (Å²) in [5.41, 5.74) is 5.74. The van der Waals surface area contributed by atoms with E-state index in [9.17, 15) is 4.79 Å². The lowest BCUT2D eigenvalue weighted by Gasteiger charge is -1.99. The van der Waals surface area contributed by atoms with Crippen LogP contribution in [0.15, 0.2) is 42.1 Å². The van der Waals surface area contributed by atoms with Crippen LogP contribution in [0.25, 0.3) is 0 Å². The second-order valence-corrected chi connectivity index (χ2v) is 2.62. The quantitative estimate of drug-likeness (QED) is 0.422. The normalized spacial score (nSPS) is 11.0. The molecule has 0 aliphatic rings. The third-order valence-corrected chi connectivity index (χ3v) is 1.31. The molecule has 0 aromatic heterocycles. The molecule has 1 rings (SSSR count). The first-order valence-electron chi connectivity index (χ1n) is 3.89. The third-order valence-electron chi connectivity index (χ3n) is 1.31. The first-order chi connectivity index (χ1) is 6.18. The number of hydrogen-bond acceptors (Lipinski definition) is 3. The van der Waals surface area contributed by atoms with Crippen LogP contribution in [0.4, 0.5) is 0 Å². The summed E-state index contributed by atoms with van der Waals surface area (Å²) in [4.78, 5) is 11.0. The first-order valence-corrected chi connectivity index (χ1v) is 3.89. The van der Waals surface area contributed by atoms with Crippen molar-refractivity contribution in [2.24, 2.45) is 5.73 Å². The Morgan fingerprint density at radius 3 is 2.54 bits per heavy atom. The summed E-state index contributed by atoms with van der Waals surface area (Å²) in [5.74, 6) is 0.0659. The Kier molecular flexibility index (Phi) is 3.09. The number of esters is 1. The number of carbonyl (C=O) groups is 1. The SMILES string of the molecule is C/C(N)=C/C(=O)Oc1ccccc1.